The van der Waals surface area contributed by atoms with E-state index < -0.39 is 5.97 Å². The highest BCUT2D eigenvalue weighted by molar-refractivity contribution is 8.04. The number of nitrogens with zero attached hydrogens (tertiary/aromatic N) is 3. The van der Waals surface area contributed by atoms with Crippen molar-refractivity contribution in [1.82, 2.24) is 14.8 Å². The third-order valence-electron chi connectivity index (χ3n) is 5.55. The van der Waals surface area contributed by atoms with Crippen molar-refractivity contribution in [2.24, 2.45) is 0 Å². The monoisotopic (exact) mass is 535 g/mol. The number of ether oxygens (including phenoxy) is 3. The molecule has 0 atom stereocenters. The zero-order chi connectivity index (χ0) is 27.1. The zero-order valence-corrected chi connectivity index (χ0v) is 21.9. The number of hydrogen-bond donors (Lipinski definition) is 1. The van der Waals surface area contributed by atoms with Gasteiger partial charge in [-0.25, -0.2) is 9.18 Å². The van der Waals surface area contributed by atoms with E-state index in [1.807, 2.05) is 23.6 Å². The SMILES string of the molecule is CCn1c(S/C(=C\c2ccc(OCc3ccc(F)cc3)cc2)C(=O)O)nnc1-c1cc(OC)cc(OC)c1. The molecule has 0 unspecified atom stereocenters. The van der Waals surface area contributed by atoms with Crippen molar-refractivity contribution in [3.63, 3.8) is 0 Å². The van der Waals surface area contributed by atoms with Crippen LogP contribution in [0.4, 0.5) is 4.39 Å². The van der Waals surface area contributed by atoms with E-state index in [0.29, 0.717) is 46.9 Å². The van der Waals surface area contributed by atoms with Crippen LogP contribution in [-0.4, -0.2) is 40.1 Å². The molecule has 4 aromatic rings. The van der Waals surface area contributed by atoms with Crippen molar-refractivity contribution in [2.75, 3.05) is 14.2 Å². The van der Waals surface area contributed by atoms with Crippen LogP contribution in [0, 0.1) is 5.82 Å². The van der Waals surface area contributed by atoms with Gasteiger partial charge in [-0.2, -0.15) is 0 Å². The predicted molar refractivity (Wildman–Crippen MR) is 143 cm³/mol. The molecule has 4 rings (SSSR count). The van der Waals surface area contributed by atoms with Gasteiger partial charge in [0.05, 0.1) is 14.2 Å². The number of carboxylic acid groups (broad SMARTS) is 1. The Balaban J connectivity index is 1.53. The molecular weight excluding hydrogens is 509 g/mol. The first-order valence-corrected chi connectivity index (χ1v) is 12.5. The van der Waals surface area contributed by atoms with Gasteiger partial charge in [-0.3, -0.25) is 0 Å². The topological polar surface area (TPSA) is 95.7 Å². The normalized spacial score (nSPS) is 11.3. The number of halogens is 1. The summed E-state index contributed by atoms with van der Waals surface area (Å²) in [6.45, 7) is 2.75. The summed E-state index contributed by atoms with van der Waals surface area (Å²) in [5.74, 6) is 1.01. The molecule has 0 radical (unpaired) electrons. The summed E-state index contributed by atoms with van der Waals surface area (Å²) in [5, 5.41) is 18.9. The zero-order valence-electron chi connectivity index (χ0n) is 21.1. The first kappa shape index (κ1) is 26.7. The lowest BCUT2D eigenvalue weighted by molar-refractivity contribution is -0.131. The maximum Gasteiger partial charge on any atom is 0.342 e. The predicted octanol–water partition coefficient (Wildman–Crippen LogP) is 5.92. The van der Waals surface area contributed by atoms with Crippen molar-refractivity contribution in [2.45, 2.75) is 25.2 Å². The van der Waals surface area contributed by atoms with Crippen molar-refractivity contribution in [3.05, 3.63) is 88.6 Å². The average Bonchev–Trinajstić information content (AvgIpc) is 3.35. The van der Waals surface area contributed by atoms with Crippen LogP contribution in [0.15, 0.2) is 76.8 Å². The molecule has 0 saturated heterocycles. The Morgan fingerprint density at radius 2 is 1.63 bits per heavy atom. The molecule has 0 spiro atoms. The second kappa shape index (κ2) is 12.3. The molecule has 1 N–H and O–H groups in total. The van der Waals surface area contributed by atoms with Gasteiger partial charge in [-0.15, -0.1) is 10.2 Å². The number of aliphatic carboxylic acids is 1. The first-order valence-electron chi connectivity index (χ1n) is 11.7. The summed E-state index contributed by atoms with van der Waals surface area (Å²) >= 11 is 1.02. The molecule has 0 amide bonds. The number of thioether (sulfide) groups is 1. The fourth-order valence-electron chi connectivity index (χ4n) is 3.59. The maximum absolute atomic E-state index is 13.1. The molecule has 0 bridgehead atoms. The number of benzene rings is 3. The number of carbonyl (C=O) groups is 1. The lowest BCUT2D eigenvalue weighted by Crippen LogP contribution is -2.03. The van der Waals surface area contributed by atoms with Crippen LogP contribution in [0.2, 0.25) is 0 Å². The van der Waals surface area contributed by atoms with Crippen LogP contribution in [0.3, 0.4) is 0 Å². The molecule has 0 fully saturated rings. The van der Waals surface area contributed by atoms with Gasteiger partial charge >= 0.3 is 5.97 Å². The maximum atomic E-state index is 13.1. The smallest absolute Gasteiger partial charge is 0.342 e. The minimum absolute atomic E-state index is 0.0850. The van der Waals surface area contributed by atoms with Gasteiger partial charge < -0.3 is 23.9 Å². The van der Waals surface area contributed by atoms with Gasteiger partial charge in [0.15, 0.2) is 11.0 Å². The molecule has 0 aliphatic rings. The van der Waals surface area contributed by atoms with Crippen molar-refractivity contribution < 1.29 is 28.5 Å². The summed E-state index contributed by atoms with van der Waals surface area (Å²) < 4.78 is 31.4. The highest BCUT2D eigenvalue weighted by atomic mass is 32.2. The first-order chi connectivity index (χ1) is 18.4. The summed E-state index contributed by atoms with van der Waals surface area (Å²) in [7, 11) is 3.14. The van der Waals surface area contributed by atoms with E-state index in [1.165, 1.54) is 12.1 Å². The summed E-state index contributed by atoms with van der Waals surface area (Å²) in [6, 6.07) is 18.5. The van der Waals surface area contributed by atoms with E-state index >= 15 is 0 Å². The summed E-state index contributed by atoms with van der Waals surface area (Å²) in [6.07, 6.45) is 1.57. The molecule has 3 aromatic carbocycles. The van der Waals surface area contributed by atoms with Gasteiger partial charge in [-0.1, -0.05) is 24.3 Å². The van der Waals surface area contributed by atoms with Crippen LogP contribution in [0.5, 0.6) is 17.2 Å². The summed E-state index contributed by atoms with van der Waals surface area (Å²) in [4.78, 5) is 12.2. The van der Waals surface area contributed by atoms with E-state index in [4.69, 9.17) is 14.2 Å². The Morgan fingerprint density at radius 1 is 0.974 bits per heavy atom. The quantitative estimate of drug-likeness (QED) is 0.187. The fourth-order valence-corrected chi connectivity index (χ4v) is 4.48. The second-order valence-corrected chi connectivity index (χ2v) is 9.06. The van der Waals surface area contributed by atoms with Crippen LogP contribution >= 0.6 is 11.8 Å². The number of carboxylic acids is 1. The lowest BCUT2D eigenvalue weighted by atomic mass is 10.2. The van der Waals surface area contributed by atoms with E-state index in [9.17, 15) is 14.3 Å². The fraction of sp³-hybridized carbons (Fsp3) is 0.179. The molecule has 8 nitrogen and oxygen atoms in total. The third kappa shape index (κ3) is 6.51. The highest BCUT2D eigenvalue weighted by Crippen LogP contribution is 2.33. The van der Waals surface area contributed by atoms with E-state index in [0.717, 1.165) is 22.9 Å². The van der Waals surface area contributed by atoms with Crippen molar-refractivity contribution in [3.8, 4) is 28.6 Å². The molecule has 0 aliphatic carbocycles. The Labute approximate surface area is 223 Å². The molecule has 10 heteroatoms. The number of aromatic nitrogens is 3. The Kier molecular flexibility index (Phi) is 8.65. The van der Waals surface area contributed by atoms with Gasteiger partial charge in [0.1, 0.15) is 34.6 Å². The van der Waals surface area contributed by atoms with Crippen molar-refractivity contribution >= 4 is 23.8 Å². The average molecular weight is 536 g/mol. The van der Waals surface area contributed by atoms with Crippen LogP contribution < -0.4 is 14.2 Å². The Bertz CT molecular complexity index is 1410. The third-order valence-corrected chi connectivity index (χ3v) is 6.55. The van der Waals surface area contributed by atoms with E-state index in [2.05, 4.69) is 10.2 Å². The highest BCUT2D eigenvalue weighted by Gasteiger charge is 2.19. The number of hydrogen-bond acceptors (Lipinski definition) is 7. The largest absolute Gasteiger partial charge is 0.497 e. The molecule has 1 heterocycles. The molecule has 196 valence electrons. The summed E-state index contributed by atoms with van der Waals surface area (Å²) in [5.41, 5.74) is 2.26. The number of methoxy groups -OCH3 is 2. The number of rotatable bonds is 11. The molecular formula is C28H26FN3O5S. The van der Waals surface area contributed by atoms with Gasteiger partial charge in [-0.05, 0) is 72.3 Å². The second-order valence-electron chi connectivity index (χ2n) is 8.05. The van der Waals surface area contributed by atoms with Crippen molar-refractivity contribution in [1.29, 1.82) is 0 Å². The van der Waals surface area contributed by atoms with Gasteiger partial charge in [0.2, 0.25) is 0 Å². The van der Waals surface area contributed by atoms with Crippen LogP contribution in [-0.2, 0) is 17.9 Å². The van der Waals surface area contributed by atoms with Gasteiger partial charge in [0, 0.05) is 18.2 Å². The van der Waals surface area contributed by atoms with E-state index in [-0.39, 0.29) is 10.7 Å². The standard InChI is InChI=1S/C28H26FN3O5S/c1-4-32-26(20-14-23(35-2)16-24(15-20)36-3)30-31-28(32)38-25(27(33)34)13-18-7-11-22(12-8-18)37-17-19-5-9-21(29)10-6-19/h5-16H,4,17H2,1-3H3,(H,33,34)/b25-13-. The van der Waals surface area contributed by atoms with Crippen LogP contribution in [0.25, 0.3) is 17.5 Å². The minimum Gasteiger partial charge on any atom is -0.497 e. The minimum atomic E-state index is -1.08. The molecule has 38 heavy (non-hydrogen) atoms. The van der Waals surface area contributed by atoms with E-state index in [1.54, 1.807) is 62.8 Å². The Morgan fingerprint density at radius 3 is 2.21 bits per heavy atom. The molecule has 0 aliphatic heterocycles. The van der Waals surface area contributed by atoms with Crippen LogP contribution in [0.1, 0.15) is 18.1 Å². The Hall–Kier alpha value is -4.31. The lowest BCUT2D eigenvalue weighted by Gasteiger charge is -2.10. The molecule has 0 saturated carbocycles. The van der Waals surface area contributed by atoms with Gasteiger partial charge in [0.25, 0.3) is 0 Å². The molecule has 1 aromatic heterocycles.